The second-order valence-electron chi connectivity index (χ2n) is 7.29. The summed E-state index contributed by atoms with van der Waals surface area (Å²) in [4.78, 5) is 32.7. The van der Waals surface area contributed by atoms with Crippen molar-refractivity contribution >= 4 is 11.9 Å². The predicted molar refractivity (Wildman–Crippen MR) is 91.2 cm³/mol. The first-order valence-corrected chi connectivity index (χ1v) is 8.64. The maximum atomic E-state index is 13.0. The Morgan fingerprint density at radius 2 is 2.00 bits per heavy atom. The molecule has 1 aromatic heterocycles. The molecule has 1 amide bonds. The van der Waals surface area contributed by atoms with Gasteiger partial charge in [0.25, 0.3) is 0 Å². The number of ether oxygens (including phenoxy) is 1. The van der Waals surface area contributed by atoms with Crippen molar-refractivity contribution in [3.63, 3.8) is 0 Å². The highest BCUT2D eigenvalue weighted by atomic mass is 16.5. The Morgan fingerprint density at radius 3 is 2.52 bits per heavy atom. The molecule has 1 aromatic rings. The van der Waals surface area contributed by atoms with Crippen molar-refractivity contribution in [2.24, 2.45) is 0 Å². The summed E-state index contributed by atoms with van der Waals surface area (Å²) in [7, 11) is 0. The smallest absolute Gasteiger partial charge is 0.326 e. The first kappa shape index (κ1) is 17.8. The van der Waals surface area contributed by atoms with Crippen molar-refractivity contribution in [1.82, 2.24) is 14.8 Å². The molecule has 1 unspecified atom stereocenters. The molecule has 2 aliphatic heterocycles. The molecule has 7 nitrogen and oxygen atoms in total. The van der Waals surface area contributed by atoms with Crippen LogP contribution in [0.15, 0.2) is 24.5 Å². The molecule has 0 bridgehead atoms. The summed E-state index contributed by atoms with van der Waals surface area (Å²) >= 11 is 0. The first-order valence-electron chi connectivity index (χ1n) is 8.64. The summed E-state index contributed by atoms with van der Waals surface area (Å²) in [6.45, 7) is 6.64. The van der Waals surface area contributed by atoms with Crippen LogP contribution >= 0.6 is 0 Å². The Hall–Kier alpha value is -1.99. The monoisotopic (exact) mass is 347 g/mol. The highest BCUT2D eigenvalue weighted by Crippen LogP contribution is 2.30. The van der Waals surface area contributed by atoms with Crippen LogP contribution in [0.5, 0.6) is 0 Å². The van der Waals surface area contributed by atoms with E-state index in [2.05, 4.69) is 4.98 Å². The highest BCUT2D eigenvalue weighted by Gasteiger charge is 2.49. The Bertz CT molecular complexity index is 633. The maximum Gasteiger partial charge on any atom is 0.326 e. The largest absolute Gasteiger partial charge is 0.480 e. The lowest BCUT2D eigenvalue weighted by molar-refractivity contribution is -0.154. The molecular formula is C18H25N3O4. The zero-order valence-electron chi connectivity index (χ0n) is 14.8. The molecule has 0 saturated carbocycles. The normalized spacial score (nSPS) is 25.1. The van der Waals surface area contributed by atoms with Gasteiger partial charge in [-0.25, -0.2) is 0 Å². The molecule has 2 aliphatic rings. The number of carboxylic acid groups (broad SMARTS) is 1. The van der Waals surface area contributed by atoms with Crippen molar-refractivity contribution in [2.75, 3.05) is 39.4 Å². The molecule has 25 heavy (non-hydrogen) atoms. The van der Waals surface area contributed by atoms with Gasteiger partial charge < -0.3 is 14.7 Å². The molecule has 2 fully saturated rings. The fraction of sp³-hybridized carbons (Fsp3) is 0.611. The quantitative estimate of drug-likeness (QED) is 0.865. The van der Waals surface area contributed by atoms with Crippen molar-refractivity contribution < 1.29 is 19.4 Å². The number of carboxylic acids is 1. The Balaban J connectivity index is 1.68. The fourth-order valence-electron chi connectivity index (χ4n) is 3.70. The first-order chi connectivity index (χ1) is 11.9. The molecule has 3 heterocycles. The third-order valence-electron chi connectivity index (χ3n) is 5.49. The van der Waals surface area contributed by atoms with Crippen molar-refractivity contribution in [1.29, 1.82) is 0 Å². The number of piperazine rings is 1. The van der Waals surface area contributed by atoms with E-state index in [1.807, 2.05) is 35.8 Å². The van der Waals surface area contributed by atoms with Crippen LogP contribution in [0.4, 0.5) is 0 Å². The number of amides is 1. The Morgan fingerprint density at radius 1 is 1.28 bits per heavy atom. The van der Waals surface area contributed by atoms with E-state index in [9.17, 15) is 14.7 Å². The Labute approximate surface area is 147 Å². The van der Waals surface area contributed by atoms with Crippen LogP contribution in [0.25, 0.3) is 0 Å². The number of hydrogen-bond donors (Lipinski definition) is 1. The van der Waals surface area contributed by atoms with Gasteiger partial charge in [0.1, 0.15) is 5.54 Å². The Kier molecular flexibility index (Phi) is 4.79. The van der Waals surface area contributed by atoms with Gasteiger partial charge in [-0.05, 0) is 25.5 Å². The minimum atomic E-state index is -0.937. The van der Waals surface area contributed by atoms with Crippen molar-refractivity contribution in [2.45, 2.75) is 31.2 Å². The van der Waals surface area contributed by atoms with Gasteiger partial charge in [0.2, 0.25) is 5.91 Å². The SMILES string of the molecule is CC(C)(C(=O)N1CCN(C2(C(=O)O)CCOC2)CC1)c1cccnc1. The van der Waals surface area contributed by atoms with Gasteiger partial charge in [-0.1, -0.05) is 6.07 Å². The second kappa shape index (κ2) is 6.72. The zero-order valence-corrected chi connectivity index (χ0v) is 14.8. The van der Waals surface area contributed by atoms with Crippen LogP contribution in [-0.2, 0) is 19.7 Å². The molecule has 136 valence electrons. The fourth-order valence-corrected chi connectivity index (χ4v) is 3.70. The standard InChI is InChI=1S/C18H25N3O4/c1-17(2,14-4-3-6-19-12-14)15(22)20-7-9-21(10-8-20)18(16(23)24)5-11-25-13-18/h3-4,6,12H,5,7-11,13H2,1-2H3,(H,23,24). The van der Waals surface area contributed by atoms with E-state index in [1.54, 1.807) is 12.4 Å². The van der Waals surface area contributed by atoms with Gasteiger partial charge in [-0.3, -0.25) is 19.5 Å². The van der Waals surface area contributed by atoms with Crippen LogP contribution in [0.3, 0.4) is 0 Å². The molecule has 0 radical (unpaired) electrons. The van der Waals surface area contributed by atoms with Crippen molar-refractivity contribution in [3.8, 4) is 0 Å². The third kappa shape index (κ3) is 3.14. The molecule has 1 atom stereocenters. The van der Waals surface area contributed by atoms with E-state index in [-0.39, 0.29) is 12.5 Å². The van der Waals surface area contributed by atoms with E-state index in [1.165, 1.54) is 0 Å². The summed E-state index contributed by atoms with van der Waals surface area (Å²) in [5.74, 6) is -0.785. The summed E-state index contributed by atoms with van der Waals surface area (Å²) in [6, 6.07) is 3.75. The summed E-state index contributed by atoms with van der Waals surface area (Å²) in [5.41, 5.74) is -0.709. The molecule has 0 aromatic carbocycles. The van der Waals surface area contributed by atoms with Gasteiger partial charge >= 0.3 is 5.97 Å². The van der Waals surface area contributed by atoms with Gasteiger partial charge in [-0.15, -0.1) is 0 Å². The number of carbonyl (C=O) groups excluding carboxylic acids is 1. The lowest BCUT2D eigenvalue weighted by Gasteiger charge is -2.44. The lowest BCUT2D eigenvalue weighted by atomic mass is 9.84. The van der Waals surface area contributed by atoms with Crippen LogP contribution < -0.4 is 0 Å². The molecule has 0 aliphatic carbocycles. The van der Waals surface area contributed by atoms with Gasteiger partial charge in [0.05, 0.1) is 12.0 Å². The molecule has 1 N–H and O–H groups in total. The molecule has 0 spiro atoms. The molecule has 2 saturated heterocycles. The van der Waals surface area contributed by atoms with E-state index < -0.39 is 16.9 Å². The van der Waals surface area contributed by atoms with E-state index in [0.717, 1.165) is 5.56 Å². The van der Waals surface area contributed by atoms with Gasteiger partial charge in [0.15, 0.2) is 0 Å². The maximum absolute atomic E-state index is 13.0. The number of aliphatic carboxylic acids is 1. The van der Waals surface area contributed by atoms with E-state index in [0.29, 0.717) is 39.2 Å². The number of aromatic nitrogens is 1. The molecule has 3 rings (SSSR count). The zero-order chi connectivity index (χ0) is 18.1. The number of hydrogen-bond acceptors (Lipinski definition) is 5. The minimum Gasteiger partial charge on any atom is -0.480 e. The summed E-state index contributed by atoms with van der Waals surface area (Å²) < 4.78 is 5.35. The minimum absolute atomic E-state index is 0.0483. The third-order valence-corrected chi connectivity index (χ3v) is 5.49. The molecular weight excluding hydrogens is 322 g/mol. The van der Waals surface area contributed by atoms with Crippen LogP contribution in [0, 0.1) is 0 Å². The lowest BCUT2D eigenvalue weighted by Crippen LogP contribution is -2.62. The average Bonchev–Trinajstić information content (AvgIpc) is 3.13. The van der Waals surface area contributed by atoms with Gasteiger partial charge in [0, 0.05) is 51.6 Å². The van der Waals surface area contributed by atoms with E-state index >= 15 is 0 Å². The van der Waals surface area contributed by atoms with Crippen molar-refractivity contribution in [3.05, 3.63) is 30.1 Å². The number of nitrogens with zero attached hydrogens (tertiary/aromatic N) is 3. The topological polar surface area (TPSA) is 83.0 Å². The summed E-state index contributed by atoms with van der Waals surface area (Å²) in [5, 5.41) is 9.66. The highest BCUT2D eigenvalue weighted by molar-refractivity contribution is 5.87. The van der Waals surface area contributed by atoms with Crippen LogP contribution in [0.2, 0.25) is 0 Å². The van der Waals surface area contributed by atoms with E-state index in [4.69, 9.17) is 4.74 Å². The second-order valence-corrected chi connectivity index (χ2v) is 7.29. The predicted octanol–water partition coefficient (Wildman–Crippen LogP) is 0.747. The van der Waals surface area contributed by atoms with Gasteiger partial charge in [-0.2, -0.15) is 0 Å². The number of rotatable bonds is 4. The van der Waals surface area contributed by atoms with Crippen LogP contribution in [-0.4, -0.2) is 76.7 Å². The summed E-state index contributed by atoms with van der Waals surface area (Å²) in [6.07, 6.45) is 3.92. The average molecular weight is 347 g/mol. The molecule has 7 heteroatoms. The van der Waals surface area contributed by atoms with Crippen LogP contribution in [0.1, 0.15) is 25.8 Å². The number of pyridine rings is 1. The number of carbonyl (C=O) groups is 2.